The summed E-state index contributed by atoms with van der Waals surface area (Å²) in [6, 6.07) is 0.381. The van der Waals surface area contributed by atoms with Gasteiger partial charge in [0.25, 0.3) is 0 Å². The molecule has 2 fully saturated rings. The second-order valence-corrected chi connectivity index (χ2v) is 9.97. The highest BCUT2D eigenvalue weighted by atomic mass is 35.5. The van der Waals surface area contributed by atoms with Crippen LogP contribution in [0.5, 0.6) is 0 Å². The summed E-state index contributed by atoms with van der Waals surface area (Å²) in [6.45, 7) is 5.59. The molecular formula is C24H44ClN8O7P. The number of hydrogen-bond acceptors (Lipinski definition) is 13. The van der Waals surface area contributed by atoms with Crippen LogP contribution in [-0.2, 0) is 18.7 Å². The molecule has 1 saturated carbocycles. The van der Waals surface area contributed by atoms with Gasteiger partial charge in [0.1, 0.15) is 12.4 Å². The smallest absolute Gasteiger partial charge is 0.226 e. The van der Waals surface area contributed by atoms with Crippen LogP contribution in [0.4, 0.5) is 5.82 Å². The fourth-order valence-corrected chi connectivity index (χ4v) is 4.88. The molecule has 17 heteroatoms. The first-order chi connectivity index (χ1) is 19.9. The number of anilines is 1. The summed E-state index contributed by atoms with van der Waals surface area (Å²) in [5, 5.41) is 33.3. The van der Waals surface area contributed by atoms with E-state index in [1.54, 1.807) is 10.9 Å². The standard InChI is InChI=1S/C20H30ClN8O5P.C2H6.2CH4O/c1-35(30)34-17(11-31-10-15(22)28-23)32-9-13-6-7-16(33-13)29-19-14(8-24-29)18(26-20(21)27-19)25-12-4-2-3-5-12;3*1-2/h8,12-13,16-17,22-23,30H,2-7,9-11H2,1H3,(H,25,26,27);1-2H3;2*2H,1H3. The van der Waals surface area contributed by atoms with Crippen molar-refractivity contribution in [1.29, 1.82) is 10.9 Å². The number of nitrogens with one attached hydrogen (secondary N) is 3. The number of aliphatic hydroxyl groups excluding tert-OH is 2. The number of rotatable bonds is 12. The average Bonchev–Trinajstić information content (AvgIpc) is 3.76. The highest BCUT2D eigenvalue weighted by Crippen LogP contribution is 2.34. The molecule has 4 unspecified atom stereocenters. The van der Waals surface area contributed by atoms with E-state index in [1.807, 2.05) is 13.8 Å². The molecule has 1 aliphatic carbocycles. The predicted octanol–water partition coefficient (Wildman–Crippen LogP) is 4.07. The molecule has 0 aromatic carbocycles. The molecule has 4 atom stereocenters. The van der Waals surface area contributed by atoms with E-state index in [-0.39, 0.29) is 43.3 Å². The first-order valence-electron chi connectivity index (χ1n) is 13.4. The Balaban J connectivity index is 0.00000131. The Bertz CT molecular complexity index is 1030. The molecule has 15 nitrogen and oxygen atoms in total. The van der Waals surface area contributed by atoms with Gasteiger partial charge in [-0.1, -0.05) is 26.7 Å². The van der Waals surface area contributed by atoms with Crippen molar-refractivity contribution in [2.75, 3.05) is 46.0 Å². The molecule has 0 bridgehead atoms. The van der Waals surface area contributed by atoms with Crippen LogP contribution in [0.15, 0.2) is 11.3 Å². The van der Waals surface area contributed by atoms with Gasteiger partial charge in [0.15, 0.2) is 32.4 Å². The van der Waals surface area contributed by atoms with Crippen molar-refractivity contribution in [3.63, 3.8) is 0 Å². The van der Waals surface area contributed by atoms with Gasteiger partial charge in [0, 0.05) is 26.9 Å². The van der Waals surface area contributed by atoms with Gasteiger partial charge in [-0.15, -0.1) is 5.11 Å². The molecule has 1 saturated heterocycles. The number of aliphatic hydroxyl groups is 2. The molecule has 41 heavy (non-hydrogen) atoms. The third kappa shape index (κ3) is 12.1. The van der Waals surface area contributed by atoms with Gasteiger partial charge < -0.3 is 39.2 Å². The van der Waals surface area contributed by atoms with Crippen LogP contribution < -0.4 is 5.32 Å². The lowest BCUT2D eigenvalue weighted by Gasteiger charge is -2.21. The Labute approximate surface area is 246 Å². The molecule has 2 aromatic rings. The quantitative estimate of drug-likeness (QED) is 0.0495. The van der Waals surface area contributed by atoms with E-state index in [2.05, 4.69) is 25.5 Å². The minimum Gasteiger partial charge on any atom is -0.400 e. The first-order valence-corrected chi connectivity index (χ1v) is 15.4. The lowest BCUT2D eigenvalue weighted by molar-refractivity contribution is -0.144. The zero-order chi connectivity index (χ0) is 30.8. The highest BCUT2D eigenvalue weighted by Gasteiger charge is 2.30. The zero-order valence-corrected chi connectivity index (χ0v) is 25.9. The van der Waals surface area contributed by atoms with Gasteiger partial charge in [-0.2, -0.15) is 15.1 Å². The van der Waals surface area contributed by atoms with Gasteiger partial charge in [0.05, 0.1) is 30.9 Å². The summed E-state index contributed by atoms with van der Waals surface area (Å²) in [4.78, 5) is 18.4. The van der Waals surface area contributed by atoms with Crippen molar-refractivity contribution in [1.82, 2.24) is 19.7 Å². The van der Waals surface area contributed by atoms with Crippen molar-refractivity contribution in [3.8, 4) is 0 Å². The minimum absolute atomic E-state index is 0.0166. The fraction of sp³-hybridized carbons (Fsp3) is 0.750. The SMILES string of the molecule is CC.CO.CO.CP(O)OC(COCC(=N)N=N)OCC1CCC(n2ncc3c(NC4CCCC4)nc(Cl)nc32)O1. The average molecular weight is 623 g/mol. The molecule has 2 aliphatic rings. The number of nitrogens with zero attached hydrogens (tertiary/aromatic N) is 5. The number of hydrogen-bond donors (Lipinski definition) is 6. The van der Waals surface area contributed by atoms with Crippen LogP contribution in [0, 0.1) is 10.9 Å². The maximum absolute atomic E-state index is 9.62. The maximum Gasteiger partial charge on any atom is 0.226 e. The summed E-state index contributed by atoms with van der Waals surface area (Å²) >= 11 is 6.23. The van der Waals surface area contributed by atoms with E-state index in [1.165, 1.54) is 19.5 Å². The zero-order valence-electron chi connectivity index (χ0n) is 24.3. The molecule has 0 radical (unpaired) electrons. The molecule has 3 heterocycles. The van der Waals surface area contributed by atoms with Crippen molar-refractivity contribution >= 4 is 42.7 Å². The minimum atomic E-state index is -1.68. The van der Waals surface area contributed by atoms with Gasteiger partial charge in [-0.25, -0.2) is 10.2 Å². The highest BCUT2D eigenvalue weighted by molar-refractivity contribution is 7.45. The Morgan fingerprint density at radius 2 is 1.90 bits per heavy atom. The third-order valence-electron chi connectivity index (χ3n) is 5.85. The number of ether oxygens (including phenoxy) is 3. The van der Waals surface area contributed by atoms with Crippen LogP contribution in [0.2, 0.25) is 5.28 Å². The van der Waals surface area contributed by atoms with Crippen LogP contribution in [0.3, 0.4) is 0 Å². The summed E-state index contributed by atoms with van der Waals surface area (Å²) in [5.41, 5.74) is 7.40. The molecular weight excluding hydrogens is 579 g/mol. The monoisotopic (exact) mass is 622 g/mol. The predicted molar refractivity (Wildman–Crippen MR) is 157 cm³/mol. The molecule has 6 N–H and O–H groups in total. The van der Waals surface area contributed by atoms with Gasteiger partial charge in [-0.05, 0) is 37.3 Å². The summed E-state index contributed by atoms with van der Waals surface area (Å²) in [5.74, 6) is 0.479. The summed E-state index contributed by atoms with van der Waals surface area (Å²) < 4.78 is 24.3. The molecule has 4 rings (SSSR count). The van der Waals surface area contributed by atoms with E-state index in [4.69, 9.17) is 51.5 Å². The van der Waals surface area contributed by atoms with Crippen LogP contribution in [0.25, 0.3) is 11.0 Å². The van der Waals surface area contributed by atoms with E-state index in [9.17, 15) is 4.89 Å². The number of amidine groups is 1. The van der Waals surface area contributed by atoms with Gasteiger partial charge >= 0.3 is 0 Å². The lowest BCUT2D eigenvalue weighted by Crippen LogP contribution is -2.27. The van der Waals surface area contributed by atoms with Crippen LogP contribution in [0.1, 0.15) is 58.6 Å². The summed E-state index contributed by atoms with van der Waals surface area (Å²) in [6.07, 6.45) is 6.43. The normalized spacial score (nSPS) is 19.6. The number of fused-ring (bicyclic) bond motifs is 1. The molecule has 2 aromatic heterocycles. The second kappa shape index (κ2) is 20.9. The van der Waals surface area contributed by atoms with Gasteiger partial charge in [-0.3, -0.25) is 5.41 Å². The van der Waals surface area contributed by atoms with E-state index in [0.29, 0.717) is 23.9 Å². The van der Waals surface area contributed by atoms with E-state index in [0.717, 1.165) is 38.9 Å². The molecule has 234 valence electrons. The molecule has 0 amide bonds. The van der Waals surface area contributed by atoms with Gasteiger partial charge in [0.2, 0.25) is 5.28 Å². The van der Waals surface area contributed by atoms with Crippen molar-refractivity contribution in [2.24, 2.45) is 5.11 Å². The Morgan fingerprint density at radius 1 is 1.22 bits per heavy atom. The van der Waals surface area contributed by atoms with Crippen LogP contribution in [-0.4, -0.2) is 99.8 Å². The van der Waals surface area contributed by atoms with E-state index < -0.39 is 14.7 Å². The van der Waals surface area contributed by atoms with Crippen molar-refractivity contribution < 1.29 is 33.8 Å². The molecule has 0 spiro atoms. The Morgan fingerprint density at radius 3 is 2.54 bits per heavy atom. The van der Waals surface area contributed by atoms with E-state index >= 15 is 0 Å². The largest absolute Gasteiger partial charge is 0.400 e. The third-order valence-corrected chi connectivity index (χ3v) is 6.56. The number of halogens is 1. The summed E-state index contributed by atoms with van der Waals surface area (Å²) in [7, 11) is 0.324. The fourth-order valence-electron chi connectivity index (χ4n) is 4.25. The van der Waals surface area contributed by atoms with Crippen molar-refractivity contribution in [2.45, 2.75) is 77.0 Å². The Hall–Kier alpha value is -1.94. The van der Waals surface area contributed by atoms with Crippen LogP contribution >= 0.6 is 20.0 Å². The maximum atomic E-state index is 9.62. The molecule has 1 aliphatic heterocycles. The number of aromatic nitrogens is 4. The first kappa shape index (κ1) is 37.1. The second-order valence-electron chi connectivity index (χ2n) is 8.49. The van der Waals surface area contributed by atoms with Crippen molar-refractivity contribution in [3.05, 3.63) is 11.5 Å². The topological polar surface area (TPSA) is 213 Å². The lowest BCUT2D eigenvalue weighted by atomic mass is 10.2. The Kier molecular flexibility index (Phi) is 18.9.